The molecule has 0 bridgehead atoms. The van der Waals surface area contributed by atoms with Crippen molar-refractivity contribution in [3.8, 4) is 0 Å². The van der Waals surface area contributed by atoms with Crippen molar-refractivity contribution in [3.05, 3.63) is 35.4 Å². The molecule has 1 aromatic carbocycles. The van der Waals surface area contributed by atoms with E-state index in [1.54, 1.807) is 0 Å². The van der Waals surface area contributed by atoms with Crippen molar-refractivity contribution in [3.63, 3.8) is 0 Å². The second kappa shape index (κ2) is 6.72. The molecule has 1 fully saturated rings. The van der Waals surface area contributed by atoms with Crippen molar-refractivity contribution in [2.24, 2.45) is 5.92 Å². The van der Waals surface area contributed by atoms with E-state index in [2.05, 4.69) is 31.2 Å². The molecule has 18 heavy (non-hydrogen) atoms. The van der Waals surface area contributed by atoms with Crippen LogP contribution in [0.4, 0.5) is 0 Å². The van der Waals surface area contributed by atoms with E-state index < -0.39 is 0 Å². The average molecular weight is 244 g/mol. The molecule has 0 aliphatic heterocycles. The summed E-state index contributed by atoms with van der Waals surface area (Å²) in [6, 6.07) is 8.54. The summed E-state index contributed by atoms with van der Waals surface area (Å²) in [6.45, 7) is 2.10. The van der Waals surface area contributed by atoms with E-state index in [4.69, 9.17) is 0 Å². The number of Topliss-reactive ketones (excluding diaryl/α,β-unsaturated/α-hetero) is 1. The Morgan fingerprint density at radius 3 is 2.44 bits per heavy atom. The number of carbonyl (C=O) groups is 1. The first-order chi connectivity index (χ1) is 8.74. The van der Waals surface area contributed by atoms with Crippen LogP contribution in [0.2, 0.25) is 0 Å². The Morgan fingerprint density at radius 1 is 1.11 bits per heavy atom. The van der Waals surface area contributed by atoms with Crippen LogP contribution in [0, 0.1) is 12.8 Å². The lowest BCUT2D eigenvalue weighted by molar-refractivity contribution is -0.120. The number of aryl methyl sites for hydroxylation is 2. The second-order valence-corrected chi connectivity index (χ2v) is 5.73. The summed E-state index contributed by atoms with van der Waals surface area (Å²) in [5, 5.41) is 0. The topological polar surface area (TPSA) is 17.1 Å². The van der Waals surface area contributed by atoms with Crippen LogP contribution in [0.3, 0.4) is 0 Å². The van der Waals surface area contributed by atoms with Crippen molar-refractivity contribution in [2.75, 3.05) is 0 Å². The molecule has 2 rings (SSSR count). The number of hydrogen-bond acceptors (Lipinski definition) is 1. The highest BCUT2D eigenvalue weighted by atomic mass is 16.1. The molecule has 0 spiro atoms. The van der Waals surface area contributed by atoms with Crippen molar-refractivity contribution in [1.82, 2.24) is 0 Å². The predicted molar refractivity (Wildman–Crippen MR) is 75.7 cm³/mol. The van der Waals surface area contributed by atoms with Crippen LogP contribution in [-0.4, -0.2) is 5.78 Å². The number of rotatable bonds is 5. The highest BCUT2D eigenvalue weighted by Gasteiger charge is 2.16. The lowest BCUT2D eigenvalue weighted by Crippen LogP contribution is -2.12. The number of carbonyl (C=O) groups excluding carboxylic acids is 1. The van der Waals surface area contributed by atoms with Gasteiger partial charge < -0.3 is 0 Å². The number of hydrogen-bond donors (Lipinski definition) is 0. The minimum Gasteiger partial charge on any atom is -0.300 e. The number of ketones is 1. The van der Waals surface area contributed by atoms with Gasteiger partial charge in [0.2, 0.25) is 0 Å². The van der Waals surface area contributed by atoms with E-state index in [-0.39, 0.29) is 0 Å². The summed E-state index contributed by atoms with van der Waals surface area (Å²) in [4.78, 5) is 12.0. The molecule has 1 aliphatic rings. The van der Waals surface area contributed by atoms with Crippen LogP contribution in [0.1, 0.15) is 56.1 Å². The minimum atomic E-state index is 0.461. The Bertz CT molecular complexity index is 371. The Balaban J connectivity index is 1.72. The molecule has 1 heteroatoms. The van der Waals surface area contributed by atoms with Gasteiger partial charge in [-0.1, -0.05) is 61.9 Å². The molecule has 0 atom stereocenters. The molecule has 0 saturated heterocycles. The fraction of sp³-hybridized carbons (Fsp3) is 0.588. The minimum absolute atomic E-state index is 0.461. The molecule has 1 aromatic rings. The molecule has 1 aliphatic carbocycles. The average Bonchev–Trinajstić information content (AvgIpc) is 2.39. The maximum absolute atomic E-state index is 12.0. The van der Waals surface area contributed by atoms with Gasteiger partial charge in [-0.15, -0.1) is 0 Å². The van der Waals surface area contributed by atoms with Crippen molar-refractivity contribution >= 4 is 5.78 Å². The van der Waals surface area contributed by atoms with Crippen LogP contribution in [0.5, 0.6) is 0 Å². The SMILES string of the molecule is Cc1ccc(CCC(=O)CC2CCCCC2)cc1. The van der Waals surface area contributed by atoms with Gasteiger partial charge in [0, 0.05) is 12.8 Å². The molecule has 0 unspecified atom stereocenters. The third-order valence-electron chi connectivity index (χ3n) is 4.05. The van der Waals surface area contributed by atoms with Crippen LogP contribution in [-0.2, 0) is 11.2 Å². The lowest BCUT2D eigenvalue weighted by Gasteiger charge is -2.20. The normalized spacial score (nSPS) is 16.7. The molecule has 98 valence electrons. The van der Waals surface area contributed by atoms with Crippen molar-refractivity contribution < 1.29 is 4.79 Å². The van der Waals surface area contributed by atoms with Gasteiger partial charge in [0.25, 0.3) is 0 Å². The van der Waals surface area contributed by atoms with Gasteiger partial charge in [-0.25, -0.2) is 0 Å². The smallest absolute Gasteiger partial charge is 0.133 e. The summed E-state index contributed by atoms with van der Waals surface area (Å²) in [5.41, 5.74) is 2.57. The Labute approximate surface area is 111 Å². The molecule has 1 saturated carbocycles. The van der Waals surface area contributed by atoms with Gasteiger partial charge >= 0.3 is 0 Å². The molecule has 0 amide bonds. The van der Waals surface area contributed by atoms with Crippen LogP contribution >= 0.6 is 0 Å². The monoisotopic (exact) mass is 244 g/mol. The Kier molecular flexibility index (Phi) is 4.98. The van der Waals surface area contributed by atoms with Gasteiger partial charge in [-0.2, -0.15) is 0 Å². The van der Waals surface area contributed by atoms with E-state index in [1.165, 1.54) is 43.2 Å². The van der Waals surface area contributed by atoms with Gasteiger partial charge in [0.15, 0.2) is 0 Å². The summed E-state index contributed by atoms with van der Waals surface area (Å²) in [5.74, 6) is 1.15. The largest absolute Gasteiger partial charge is 0.300 e. The molecular weight excluding hydrogens is 220 g/mol. The van der Waals surface area contributed by atoms with Crippen LogP contribution < -0.4 is 0 Å². The lowest BCUT2D eigenvalue weighted by atomic mass is 9.85. The zero-order valence-electron chi connectivity index (χ0n) is 11.5. The molecule has 0 aromatic heterocycles. The standard InChI is InChI=1S/C17H24O/c1-14-7-9-15(10-8-14)11-12-17(18)13-16-5-3-2-4-6-16/h7-10,16H,2-6,11-13H2,1H3. The van der Waals surface area contributed by atoms with Crippen LogP contribution in [0.15, 0.2) is 24.3 Å². The van der Waals surface area contributed by atoms with E-state index >= 15 is 0 Å². The predicted octanol–water partition coefficient (Wildman–Crippen LogP) is 4.47. The van der Waals surface area contributed by atoms with Gasteiger partial charge in [0.05, 0.1) is 0 Å². The van der Waals surface area contributed by atoms with Gasteiger partial charge in [0.1, 0.15) is 5.78 Å². The summed E-state index contributed by atoms with van der Waals surface area (Å²) >= 11 is 0. The van der Waals surface area contributed by atoms with E-state index in [9.17, 15) is 4.79 Å². The highest BCUT2D eigenvalue weighted by Crippen LogP contribution is 2.26. The molecule has 1 nitrogen and oxygen atoms in total. The van der Waals surface area contributed by atoms with Crippen LogP contribution in [0.25, 0.3) is 0 Å². The Hall–Kier alpha value is -1.11. The third kappa shape index (κ3) is 4.29. The fourth-order valence-corrected chi connectivity index (χ4v) is 2.85. The highest BCUT2D eigenvalue weighted by molar-refractivity contribution is 5.78. The van der Waals surface area contributed by atoms with Gasteiger partial charge in [-0.05, 0) is 24.8 Å². The summed E-state index contributed by atoms with van der Waals surface area (Å²) in [6.07, 6.45) is 9.03. The molecular formula is C17H24O. The summed E-state index contributed by atoms with van der Waals surface area (Å²) in [7, 11) is 0. The fourth-order valence-electron chi connectivity index (χ4n) is 2.85. The maximum Gasteiger partial charge on any atom is 0.133 e. The van der Waals surface area contributed by atoms with E-state index in [1.807, 2.05) is 0 Å². The first-order valence-electron chi connectivity index (χ1n) is 7.31. The van der Waals surface area contributed by atoms with E-state index in [0.717, 1.165) is 19.3 Å². The number of benzene rings is 1. The zero-order chi connectivity index (χ0) is 12.8. The first kappa shape index (κ1) is 13.3. The maximum atomic E-state index is 12.0. The third-order valence-corrected chi connectivity index (χ3v) is 4.05. The quantitative estimate of drug-likeness (QED) is 0.747. The van der Waals surface area contributed by atoms with E-state index in [0.29, 0.717) is 11.7 Å². The molecule has 0 heterocycles. The summed E-state index contributed by atoms with van der Waals surface area (Å²) < 4.78 is 0. The van der Waals surface area contributed by atoms with Crippen molar-refractivity contribution in [2.45, 2.75) is 58.3 Å². The Morgan fingerprint density at radius 2 is 1.78 bits per heavy atom. The second-order valence-electron chi connectivity index (χ2n) is 5.73. The molecule has 0 N–H and O–H groups in total. The first-order valence-corrected chi connectivity index (χ1v) is 7.31. The zero-order valence-corrected chi connectivity index (χ0v) is 11.5. The van der Waals surface area contributed by atoms with Crippen molar-refractivity contribution in [1.29, 1.82) is 0 Å². The molecule has 0 radical (unpaired) electrons. The van der Waals surface area contributed by atoms with Gasteiger partial charge in [-0.3, -0.25) is 4.79 Å².